The van der Waals surface area contributed by atoms with Crippen molar-refractivity contribution < 1.29 is 13.2 Å². The van der Waals surface area contributed by atoms with Crippen molar-refractivity contribution in [3.8, 4) is 0 Å². The van der Waals surface area contributed by atoms with E-state index in [0.29, 0.717) is 5.69 Å². The van der Waals surface area contributed by atoms with Gasteiger partial charge in [-0.25, -0.2) is 8.42 Å². The Hall–Kier alpha value is -1.62. The summed E-state index contributed by atoms with van der Waals surface area (Å²) in [4.78, 5) is 12.9. The molecule has 5 rings (SSSR count). The Kier molecular flexibility index (Phi) is 4.49. The normalized spacial score (nSPS) is 32.6. The predicted molar refractivity (Wildman–Crippen MR) is 107 cm³/mol. The molecule has 0 unspecified atom stereocenters. The summed E-state index contributed by atoms with van der Waals surface area (Å²) in [5, 5.41) is 2.94. The van der Waals surface area contributed by atoms with E-state index in [2.05, 4.69) is 12.2 Å². The van der Waals surface area contributed by atoms with E-state index in [9.17, 15) is 13.2 Å². The van der Waals surface area contributed by atoms with Gasteiger partial charge in [0.05, 0.1) is 4.90 Å². The van der Waals surface area contributed by atoms with Crippen LogP contribution in [-0.4, -0.2) is 20.6 Å². The summed E-state index contributed by atoms with van der Waals surface area (Å²) in [5.74, 6) is 2.45. The van der Waals surface area contributed by atoms with Crippen molar-refractivity contribution in [3.05, 3.63) is 35.4 Å². The van der Waals surface area contributed by atoms with Gasteiger partial charge in [-0.3, -0.25) is 4.79 Å². The van der Waals surface area contributed by atoms with Crippen LogP contribution in [0.15, 0.2) is 34.7 Å². The highest BCUT2D eigenvalue weighted by Crippen LogP contribution is 2.62. The number of benzene rings is 1. The highest BCUT2D eigenvalue weighted by atomic mass is 32.2. The number of hydrogen-bond acceptors (Lipinski definition) is 3. The zero-order valence-electron chi connectivity index (χ0n) is 16.4. The monoisotopic (exact) mass is 387 g/mol. The number of amides is 1. The third-order valence-electron chi connectivity index (χ3n) is 7.11. The number of allylic oxidation sites excluding steroid dienone is 1. The third kappa shape index (κ3) is 3.58. The summed E-state index contributed by atoms with van der Waals surface area (Å²) in [6.45, 7) is 3.95. The lowest BCUT2D eigenvalue weighted by molar-refractivity contribution is -0.112. The van der Waals surface area contributed by atoms with Crippen molar-refractivity contribution in [1.82, 2.24) is 0 Å². The second kappa shape index (κ2) is 6.47. The molecule has 4 aliphatic carbocycles. The summed E-state index contributed by atoms with van der Waals surface area (Å²) in [7, 11) is -3.24. The van der Waals surface area contributed by atoms with Gasteiger partial charge in [0.1, 0.15) is 0 Å². The topological polar surface area (TPSA) is 63.2 Å². The molecule has 0 atom stereocenters. The number of carbonyl (C=O) groups is 1. The van der Waals surface area contributed by atoms with E-state index < -0.39 is 9.84 Å². The van der Waals surface area contributed by atoms with Crippen molar-refractivity contribution in [2.75, 3.05) is 11.6 Å². The molecule has 4 fully saturated rings. The van der Waals surface area contributed by atoms with E-state index in [1.807, 2.05) is 6.92 Å². The SMILES string of the molecule is C/C(=C/C(=O)Nc1ccc(S(C)(=O)=O)cc1C)C12CC3CC(CC(C3)C1)C2. The first kappa shape index (κ1) is 18.7. The van der Waals surface area contributed by atoms with E-state index in [4.69, 9.17) is 0 Å². The van der Waals surface area contributed by atoms with Crippen LogP contribution in [0.2, 0.25) is 0 Å². The largest absolute Gasteiger partial charge is 0.322 e. The zero-order chi connectivity index (χ0) is 19.4. The van der Waals surface area contributed by atoms with Crippen LogP contribution in [0.1, 0.15) is 51.0 Å². The van der Waals surface area contributed by atoms with Crippen molar-refractivity contribution in [2.45, 2.75) is 57.3 Å². The molecule has 1 aromatic rings. The van der Waals surface area contributed by atoms with E-state index in [1.165, 1.54) is 50.4 Å². The van der Waals surface area contributed by atoms with Crippen molar-refractivity contribution in [1.29, 1.82) is 0 Å². The molecular formula is C22H29NO3S. The maximum absolute atomic E-state index is 12.6. The van der Waals surface area contributed by atoms with E-state index in [-0.39, 0.29) is 16.2 Å². The lowest BCUT2D eigenvalue weighted by Gasteiger charge is -2.57. The van der Waals surface area contributed by atoms with Gasteiger partial charge in [0, 0.05) is 18.0 Å². The second-order valence-corrected chi connectivity index (χ2v) is 11.3. The lowest BCUT2D eigenvalue weighted by Crippen LogP contribution is -2.46. The van der Waals surface area contributed by atoms with E-state index >= 15 is 0 Å². The lowest BCUT2D eigenvalue weighted by atomic mass is 9.48. The summed E-state index contributed by atoms with van der Waals surface area (Å²) in [5.41, 5.74) is 2.89. The highest BCUT2D eigenvalue weighted by Gasteiger charge is 2.51. The number of rotatable bonds is 4. The van der Waals surface area contributed by atoms with Crippen LogP contribution in [0, 0.1) is 30.1 Å². The van der Waals surface area contributed by atoms with E-state index in [1.54, 1.807) is 24.3 Å². The summed E-state index contributed by atoms with van der Waals surface area (Å²) < 4.78 is 23.3. The van der Waals surface area contributed by atoms with Crippen molar-refractivity contribution >= 4 is 21.4 Å². The smallest absolute Gasteiger partial charge is 0.248 e. The zero-order valence-corrected chi connectivity index (χ0v) is 17.2. The molecule has 146 valence electrons. The maximum Gasteiger partial charge on any atom is 0.248 e. The van der Waals surface area contributed by atoms with Gasteiger partial charge in [-0.15, -0.1) is 0 Å². The number of hydrogen-bond donors (Lipinski definition) is 1. The van der Waals surface area contributed by atoms with E-state index in [0.717, 1.165) is 23.3 Å². The Morgan fingerprint density at radius 1 is 1.11 bits per heavy atom. The van der Waals surface area contributed by atoms with Gasteiger partial charge in [-0.05, 0) is 99.3 Å². The van der Waals surface area contributed by atoms with Gasteiger partial charge in [0.2, 0.25) is 5.91 Å². The van der Waals surface area contributed by atoms with Crippen LogP contribution in [-0.2, 0) is 14.6 Å². The minimum atomic E-state index is -3.24. The molecule has 0 aliphatic heterocycles. The Bertz CT molecular complexity index is 878. The second-order valence-electron chi connectivity index (χ2n) is 9.26. The molecule has 27 heavy (non-hydrogen) atoms. The number of carbonyl (C=O) groups excluding carboxylic acids is 1. The van der Waals surface area contributed by atoms with Crippen LogP contribution in [0.5, 0.6) is 0 Å². The number of anilines is 1. The molecule has 0 spiro atoms. The summed E-state index contributed by atoms with van der Waals surface area (Å²) >= 11 is 0. The first-order valence-electron chi connectivity index (χ1n) is 9.95. The molecule has 0 radical (unpaired) electrons. The predicted octanol–water partition coefficient (Wildman–Crippen LogP) is 4.50. The Morgan fingerprint density at radius 2 is 1.67 bits per heavy atom. The first-order valence-corrected chi connectivity index (χ1v) is 11.8. The fraction of sp³-hybridized carbons (Fsp3) is 0.591. The average Bonchev–Trinajstić information content (AvgIpc) is 2.54. The van der Waals surface area contributed by atoms with Crippen LogP contribution in [0.4, 0.5) is 5.69 Å². The molecular weight excluding hydrogens is 358 g/mol. The van der Waals surface area contributed by atoms with Crippen molar-refractivity contribution in [3.63, 3.8) is 0 Å². The fourth-order valence-electron chi connectivity index (χ4n) is 6.12. The summed E-state index contributed by atoms with van der Waals surface area (Å²) in [6, 6.07) is 4.84. The van der Waals surface area contributed by atoms with Crippen LogP contribution >= 0.6 is 0 Å². The average molecular weight is 388 g/mol. The fourth-order valence-corrected chi connectivity index (χ4v) is 6.83. The molecule has 4 bridgehead atoms. The molecule has 4 saturated carbocycles. The van der Waals surface area contributed by atoms with Crippen LogP contribution in [0.3, 0.4) is 0 Å². The summed E-state index contributed by atoms with van der Waals surface area (Å²) in [6.07, 6.45) is 10.9. The van der Waals surface area contributed by atoms with Gasteiger partial charge in [-0.2, -0.15) is 0 Å². The molecule has 1 N–H and O–H groups in total. The number of sulfone groups is 1. The number of nitrogens with one attached hydrogen (secondary N) is 1. The molecule has 4 nitrogen and oxygen atoms in total. The molecule has 4 aliphatic rings. The van der Waals surface area contributed by atoms with Crippen molar-refractivity contribution in [2.24, 2.45) is 23.2 Å². The van der Waals surface area contributed by atoms with Gasteiger partial charge in [0.15, 0.2) is 9.84 Å². The van der Waals surface area contributed by atoms with Crippen LogP contribution in [0.25, 0.3) is 0 Å². The third-order valence-corrected chi connectivity index (χ3v) is 8.22. The minimum Gasteiger partial charge on any atom is -0.322 e. The van der Waals surface area contributed by atoms with Gasteiger partial charge in [-0.1, -0.05) is 5.57 Å². The standard InChI is InChI=1S/C22H29NO3S/c1-14-6-19(27(3,25)26)4-5-20(14)23-21(24)7-15(2)22-11-16-8-17(12-22)10-18(9-16)13-22/h4-7,16-18H,8-13H2,1-3H3,(H,23,24)/b15-7-. The maximum atomic E-state index is 12.6. The molecule has 1 aromatic carbocycles. The van der Waals surface area contributed by atoms with Gasteiger partial charge < -0.3 is 5.32 Å². The minimum absolute atomic E-state index is 0.113. The van der Waals surface area contributed by atoms with Gasteiger partial charge in [0.25, 0.3) is 0 Å². The number of aryl methyl sites for hydroxylation is 1. The Morgan fingerprint density at radius 3 is 2.15 bits per heavy atom. The quantitative estimate of drug-likeness (QED) is 0.774. The Balaban J connectivity index is 1.51. The molecule has 0 heterocycles. The molecule has 0 saturated heterocycles. The molecule has 1 amide bonds. The Labute approximate surface area is 162 Å². The molecule has 5 heteroatoms. The molecule has 0 aromatic heterocycles. The van der Waals surface area contributed by atoms with Crippen LogP contribution < -0.4 is 5.32 Å². The highest BCUT2D eigenvalue weighted by molar-refractivity contribution is 7.90. The van der Waals surface area contributed by atoms with Gasteiger partial charge >= 0.3 is 0 Å². The first-order chi connectivity index (χ1) is 12.6.